The van der Waals surface area contributed by atoms with Gasteiger partial charge in [0.25, 0.3) is 0 Å². The average molecular weight is 264 g/mol. The number of hydrogen-bond acceptors (Lipinski definition) is 5. The first-order valence-corrected chi connectivity index (χ1v) is 6.73. The summed E-state index contributed by atoms with van der Waals surface area (Å²) in [5, 5.41) is 13.0. The van der Waals surface area contributed by atoms with Gasteiger partial charge in [-0.05, 0) is 13.0 Å². The summed E-state index contributed by atoms with van der Waals surface area (Å²) in [7, 11) is 0. The first-order valence-electron chi connectivity index (χ1n) is 5.57. The maximum Gasteiger partial charge on any atom is 0.138 e. The third kappa shape index (κ3) is 4.74. The highest BCUT2D eigenvalue weighted by Crippen LogP contribution is 2.18. The second-order valence-corrected chi connectivity index (χ2v) is 5.06. The van der Waals surface area contributed by atoms with Gasteiger partial charge >= 0.3 is 0 Å². The molecule has 1 heterocycles. The molecule has 0 unspecified atom stereocenters. The smallest absolute Gasteiger partial charge is 0.138 e. The maximum absolute atomic E-state index is 8.98. The first kappa shape index (κ1) is 13.8. The molecule has 6 heteroatoms. The Morgan fingerprint density at radius 3 is 2.75 bits per heavy atom. The highest BCUT2D eigenvalue weighted by molar-refractivity contribution is 7.10. The molecule has 0 atom stereocenters. The van der Waals surface area contributed by atoms with Gasteiger partial charge < -0.3 is 5.11 Å². The molecule has 0 aromatic carbocycles. The van der Waals surface area contributed by atoms with Crippen LogP contribution in [-0.2, 0) is 6.54 Å². The molecule has 0 aliphatic rings. The van der Waals surface area contributed by atoms with E-state index in [0.29, 0.717) is 17.4 Å². The van der Waals surface area contributed by atoms with Gasteiger partial charge in [-0.1, -0.05) is 35.9 Å². The van der Waals surface area contributed by atoms with Crippen LogP contribution in [0.4, 0.5) is 0 Å². The molecule has 92 valence electrons. The largest absolute Gasteiger partial charge is 0.395 e. The molecule has 4 nitrogen and oxygen atoms in total. The quantitative estimate of drug-likeness (QED) is 0.731. The molecule has 0 fully saturated rings. The van der Waals surface area contributed by atoms with E-state index in [1.807, 2.05) is 0 Å². The van der Waals surface area contributed by atoms with Crippen LogP contribution in [0.15, 0.2) is 0 Å². The van der Waals surface area contributed by atoms with Crippen molar-refractivity contribution in [3.8, 4) is 0 Å². The monoisotopic (exact) mass is 263 g/mol. The molecule has 0 spiro atoms. The van der Waals surface area contributed by atoms with Crippen molar-refractivity contribution in [1.82, 2.24) is 14.5 Å². The van der Waals surface area contributed by atoms with Gasteiger partial charge in [0.1, 0.15) is 10.0 Å². The van der Waals surface area contributed by atoms with Gasteiger partial charge in [-0.25, -0.2) is 0 Å². The van der Waals surface area contributed by atoms with Crippen LogP contribution in [-0.4, -0.2) is 39.3 Å². The summed E-state index contributed by atoms with van der Waals surface area (Å²) in [6.45, 7) is 4.67. The van der Waals surface area contributed by atoms with Gasteiger partial charge in [-0.2, -0.15) is 0 Å². The molecule has 0 radical (unpaired) electrons. The summed E-state index contributed by atoms with van der Waals surface area (Å²) in [6, 6.07) is 0. The van der Waals surface area contributed by atoms with Crippen molar-refractivity contribution in [1.29, 1.82) is 0 Å². The van der Waals surface area contributed by atoms with Crippen LogP contribution in [0.5, 0.6) is 0 Å². The minimum Gasteiger partial charge on any atom is -0.395 e. The number of aliphatic hydroxyl groups excluding tert-OH is 1. The summed E-state index contributed by atoms with van der Waals surface area (Å²) in [4.78, 5) is 2.16. The molecule has 1 N–H and O–H groups in total. The van der Waals surface area contributed by atoms with Crippen LogP contribution in [0.1, 0.15) is 31.9 Å². The Kier molecular flexibility index (Phi) is 6.87. The van der Waals surface area contributed by atoms with Crippen LogP contribution in [0, 0.1) is 0 Å². The van der Waals surface area contributed by atoms with Crippen molar-refractivity contribution < 1.29 is 5.11 Å². The lowest BCUT2D eigenvalue weighted by Crippen LogP contribution is -2.27. The normalized spacial score (nSPS) is 11.2. The number of unbranched alkanes of at least 4 members (excludes halogenated alkanes) is 2. The highest BCUT2D eigenvalue weighted by atomic mass is 35.5. The molecular weight excluding hydrogens is 246 g/mol. The Labute approximate surface area is 105 Å². The lowest BCUT2D eigenvalue weighted by atomic mass is 10.2. The fourth-order valence-electron chi connectivity index (χ4n) is 1.50. The lowest BCUT2D eigenvalue weighted by Gasteiger charge is -2.19. The van der Waals surface area contributed by atoms with E-state index in [2.05, 4.69) is 21.4 Å². The first-order chi connectivity index (χ1) is 7.77. The van der Waals surface area contributed by atoms with Crippen LogP contribution in [0.25, 0.3) is 0 Å². The third-order valence-corrected chi connectivity index (χ3v) is 3.36. The minimum absolute atomic E-state index is 0.168. The van der Waals surface area contributed by atoms with Crippen molar-refractivity contribution in [2.24, 2.45) is 0 Å². The van der Waals surface area contributed by atoms with Gasteiger partial charge in [-0.15, -0.1) is 5.10 Å². The van der Waals surface area contributed by atoms with E-state index in [9.17, 15) is 0 Å². The van der Waals surface area contributed by atoms with E-state index >= 15 is 0 Å². The summed E-state index contributed by atoms with van der Waals surface area (Å²) < 4.78 is 4.45. The van der Waals surface area contributed by atoms with Gasteiger partial charge in [0.15, 0.2) is 0 Å². The number of aromatic nitrogens is 2. The number of nitrogens with zero attached hydrogens (tertiary/aromatic N) is 3. The zero-order valence-electron chi connectivity index (χ0n) is 9.52. The van der Waals surface area contributed by atoms with Crippen molar-refractivity contribution in [3.63, 3.8) is 0 Å². The van der Waals surface area contributed by atoms with E-state index in [-0.39, 0.29) is 6.61 Å². The van der Waals surface area contributed by atoms with E-state index in [1.165, 1.54) is 24.4 Å². The number of aliphatic hydroxyl groups is 1. The SMILES string of the molecule is CCCCCN(CCO)Cc1nnsc1Cl. The van der Waals surface area contributed by atoms with E-state index in [1.54, 1.807) is 0 Å². The summed E-state index contributed by atoms with van der Waals surface area (Å²) in [5.74, 6) is 0. The van der Waals surface area contributed by atoms with Crippen LogP contribution in [0.3, 0.4) is 0 Å². The van der Waals surface area contributed by atoms with Crippen molar-refractivity contribution >= 4 is 23.1 Å². The molecule has 0 aliphatic carbocycles. The number of hydrogen-bond donors (Lipinski definition) is 1. The van der Waals surface area contributed by atoms with Crippen LogP contribution >= 0.6 is 23.1 Å². The molecule has 1 aromatic heterocycles. The Hall–Kier alpha value is -0.230. The van der Waals surface area contributed by atoms with Gasteiger partial charge in [0.2, 0.25) is 0 Å². The molecule has 1 rings (SSSR count). The molecule has 0 bridgehead atoms. The van der Waals surface area contributed by atoms with Crippen molar-refractivity contribution in [2.75, 3.05) is 19.7 Å². The van der Waals surface area contributed by atoms with E-state index in [4.69, 9.17) is 16.7 Å². The minimum atomic E-state index is 0.168. The Balaban J connectivity index is 2.41. The lowest BCUT2D eigenvalue weighted by molar-refractivity contribution is 0.186. The van der Waals surface area contributed by atoms with Crippen molar-refractivity contribution in [3.05, 3.63) is 10.0 Å². The number of rotatable bonds is 8. The second-order valence-electron chi connectivity index (χ2n) is 3.70. The highest BCUT2D eigenvalue weighted by Gasteiger charge is 2.11. The topological polar surface area (TPSA) is 49.2 Å². The second kappa shape index (κ2) is 7.95. The molecular formula is C10H18ClN3OS. The zero-order valence-corrected chi connectivity index (χ0v) is 11.1. The predicted octanol–water partition coefficient (Wildman–Crippen LogP) is 2.18. The van der Waals surface area contributed by atoms with Gasteiger partial charge in [-0.3, -0.25) is 4.90 Å². The summed E-state index contributed by atoms with van der Waals surface area (Å²) in [5.41, 5.74) is 0.816. The van der Waals surface area contributed by atoms with Crippen molar-refractivity contribution in [2.45, 2.75) is 32.7 Å². The maximum atomic E-state index is 8.98. The van der Waals surface area contributed by atoms with Crippen LogP contribution < -0.4 is 0 Å². The molecule has 0 amide bonds. The number of halogens is 1. The van der Waals surface area contributed by atoms with Gasteiger partial charge in [0, 0.05) is 24.6 Å². The van der Waals surface area contributed by atoms with Gasteiger partial charge in [0.05, 0.1) is 6.61 Å². The van der Waals surface area contributed by atoms with E-state index < -0.39 is 0 Å². The molecule has 0 saturated heterocycles. The fraction of sp³-hybridized carbons (Fsp3) is 0.800. The zero-order chi connectivity index (χ0) is 11.8. The predicted molar refractivity (Wildman–Crippen MR) is 66.8 cm³/mol. The molecule has 0 aliphatic heterocycles. The standard InChI is InChI=1S/C10H18ClN3OS/c1-2-3-4-5-14(6-7-15)8-9-10(11)16-13-12-9/h15H,2-8H2,1H3. The third-order valence-electron chi connectivity index (χ3n) is 2.38. The fourth-order valence-corrected chi connectivity index (χ4v) is 2.11. The Morgan fingerprint density at radius 1 is 1.38 bits per heavy atom. The summed E-state index contributed by atoms with van der Waals surface area (Å²) in [6.07, 6.45) is 3.56. The average Bonchev–Trinajstić information content (AvgIpc) is 2.65. The van der Waals surface area contributed by atoms with E-state index in [0.717, 1.165) is 18.7 Å². The molecule has 1 aromatic rings. The Morgan fingerprint density at radius 2 is 2.19 bits per heavy atom. The summed E-state index contributed by atoms with van der Waals surface area (Å²) >= 11 is 7.16. The molecule has 0 saturated carbocycles. The Bertz CT molecular complexity index is 295. The van der Waals surface area contributed by atoms with Crippen LogP contribution in [0.2, 0.25) is 4.34 Å². The molecule has 16 heavy (non-hydrogen) atoms.